The van der Waals surface area contributed by atoms with Gasteiger partial charge in [0.15, 0.2) is 0 Å². The second-order valence-electron chi connectivity index (χ2n) is 7.77. The predicted molar refractivity (Wildman–Crippen MR) is 83.7 cm³/mol. The maximum atomic E-state index is 9.51. The normalized spacial score (nSPS) is 33.8. The third-order valence-corrected chi connectivity index (χ3v) is 5.42. The highest BCUT2D eigenvalue weighted by Crippen LogP contribution is 2.35. The number of nitrogens with zero attached hydrogens (tertiary/aromatic N) is 2. The first kappa shape index (κ1) is 16.2. The topological polar surface area (TPSA) is 52.7 Å². The van der Waals surface area contributed by atoms with Crippen molar-refractivity contribution in [1.82, 2.24) is 9.80 Å². The Morgan fingerprint density at radius 3 is 2.40 bits per heavy atom. The highest BCUT2D eigenvalue weighted by molar-refractivity contribution is 4.96. The average Bonchev–Trinajstić information content (AvgIpc) is 2.78. The van der Waals surface area contributed by atoms with E-state index in [4.69, 9.17) is 5.73 Å². The third-order valence-electron chi connectivity index (χ3n) is 5.42. The molecule has 2 aliphatic rings. The Hall–Kier alpha value is -0.160. The molecular weight excluding hydrogens is 250 g/mol. The molecule has 0 bridgehead atoms. The van der Waals surface area contributed by atoms with Crippen molar-refractivity contribution in [1.29, 1.82) is 0 Å². The predicted octanol–water partition coefficient (Wildman–Crippen LogP) is 1.28. The highest BCUT2D eigenvalue weighted by Gasteiger charge is 2.38. The van der Waals surface area contributed by atoms with Crippen LogP contribution in [0.4, 0.5) is 0 Å². The molecule has 2 unspecified atom stereocenters. The maximum absolute atomic E-state index is 9.51. The largest absolute Gasteiger partial charge is 0.394 e. The molecule has 0 radical (unpaired) electrons. The zero-order chi connectivity index (χ0) is 14.8. The number of aliphatic hydroxyl groups excluding tert-OH is 1. The third kappa shape index (κ3) is 3.73. The number of aliphatic hydroxyl groups is 1. The Morgan fingerprint density at radius 2 is 1.85 bits per heavy atom. The first-order chi connectivity index (χ1) is 9.35. The van der Waals surface area contributed by atoms with E-state index in [1.54, 1.807) is 0 Å². The maximum Gasteiger partial charge on any atom is 0.0613 e. The summed E-state index contributed by atoms with van der Waals surface area (Å²) in [6.45, 7) is 12.9. The molecule has 1 saturated heterocycles. The van der Waals surface area contributed by atoms with Crippen LogP contribution in [-0.4, -0.2) is 65.3 Å². The smallest absolute Gasteiger partial charge is 0.0613 e. The molecule has 2 fully saturated rings. The fourth-order valence-corrected chi connectivity index (χ4v) is 3.79. The van der Waals surface area contributed by atoms with E-state index >= 15 is 0 Å². The summed E-state index contributed by atoms with van der Waals surface area (Å²) in [7, 11) is 0. The van der Waals surface area contributed by atoms with Gasteiger partial charge in [-0.3, -0.25) is 4.90 Å². The fourth-order valence-electron chi connectivity index (χ4n) is 3.79. The zero-order valence-corrected chi connectivity index (χ0v) is 13.6. The summed E-state index contributed by atoms with van der Waals surface area (Å²) in [6, 6.07) is 0. The molecular formula is C16H33N3O. The summed E-state index contributed by atoms with van der Waals surface area (Å²) in [6.07, 6.45) is 4.51. The van der Waals surface area contributed by atoms with Crippen molar-refractivity contribution in [3.63, 3.8) is 0 Å². The Morgan fingerprint density at radius 1 is 1.20 bits per heavy atom. The molecule has 1 aliphatic carbocycles. The molecule has 1 aliphatic heterocycles. The van der Waals surface area contributed by atoms with E-state index in [-0.39, 0.29) is 12.1 Å². The summed E-state index contributed by atoms with van der Waals surface area (Å²) >= 11 is 0. The molecule has 3 N–H and O–H groups in total. The monoisotopic (exact) mass is 283 g/mol. The van der Waals surface area contributed by atoms with Crippen molar-refractivity contribution in [2.24, 2.45) is 11.7 Å². The Balaban J connectivity index is 1.74. The lowest BCUT2D eigenvalue weighted by Gasteiger charge is -2.42. The van der Waals surface area contributed by atoms with Crippen LogP contribution >= 0.6 is 0 Å². The number of hydrogen-bond acceptors (Lipinski definition) is 4. The average molecular weight is 283 g/mol. The van der Waals surface area contributed by atoms with Gasteiger partial charge in [0.1, 0.15) is 0 Å². The summed E-state index contributed by atoms with van der Waals surface area (Å²) < 4.78 is 0. The second-order valence-corrected chi connectivity index (χ2v) is 7.77. The van der Waals surface area contributed by atoms with E-state index in [2.05, 4.69) is 30.6 Å². The summed E-state index contributed by atoms with van der Waals surface area (Å²) in [5.41, 5.74) is 6.31. The van der Waals surface area contributed by atoms with Crippen LogP contribution in [0.2, 0.25) is 0 Å². The molecule has 1 heterocycles. The minimum Gasteiger partial charge on any atom is -0.394 e. The van der Waals surface area contributed by atoms with Crippen LogP contribution in [0.5, 0.6) is 0 Å². The molecule has 1 saturated carbocycles. The molecule has 118 valence electrons. The first-order valence-corrected chi connectivity index (χ1v) is 8.22. The Labute approximate surface area is 124 Å². The van der Waals surface area contributed by atoms with Gasteiger partial charge in [-0.25, -0.2) is 0 Å². The molecule has 2 rings (SSSR count). The van der Waals surface area contributed by atoms with E-state index in [0.29, 0.717) is 11.5 Å². The van der Waals surface area contributed by atoms with E-state index in [0.717, 1.165) is 19.4 Å². The van der Waals surface area contributed by atoms with E-state index in [1.165, 1.54) is 39.0 Å². The van der Waals surface area contributed by atoms with Crippen LogP contribution in [0.25, 0.3) is 0 Å². The standard InChI is InChI=1S/C16H33N3O/c1-15(2,3)19-11-9-18(10-12-19)8-6-14-5-4-7-16(14,17)13-20/h14,20H,4-13,17H2,1-3H3. The van der Waals surface area contributed by atoms with Crippen LogP contribution in [0.1, 0.15) is 46.5 Å². The van der Waals surface area contributed by atoms with Crippen LogP contribution in [0.15, 0.2) is 0 Å². The lowest BCUT2D eigenvalue weighted by molar-refractivity contribution is 0.0565. The van der Waals surface area contributed by atoms with Crippen molar-refractivity contribution in [2.45, 2.75) is 57.5 Å². The van der Waals surface area contributed by atoms with Gasteiger partial charge in [-0.1, -0.05) is 6.42 Å². The number of rotatable bonds is 4. The van der Waals surface area contributed by atoms with Crippen molar-refractivity contribution in [3.05, 3.63) is 0 Å². The van der Waals surface area contributed by atoms with Gasteiger partial charge in [0.2, 0.25) is 0 Å². The lowest BCUT2D eigenvalue weighted by atomic mass is 9.86. The van der Waals surface area contributed by atoms with Crippen molar-refractivity contribution < 1.29 is 5.11 Å². The van der Waals surface area contributed by atoms with Gasteiger partial charge in [0.05, 0.1) is 6.61 Å². The second kappa shape index (κ2) is 6.30. The van der Waals surface area contributed by atoms with Gasteiger partial charge in [-0.05, 0) is 52.5 Å². The summed E-state index contributed by atoms with van der Waals surface area (Å²) in [5, 5.41) is 9.51. The zero-order valence-electron chi connectivity index (χ0n) is 13.6. The van der Waals surface area contributed by atoms with Gasteiger partial charge in [0.25, 0.3) is 0 Å². The van der Waals surface area contributed by atoms with Crippen LogP contribution in [0.3, 0.4) is 0 Å². The lowest BCUT2D eigenvalue weighted by Crippen LogP contribution is -2.54. The molecule has 0 aromatic rings. The number of nitrogens with two attached hydrogens (primary N) is 1. The van der Waals surface area contributed by atoms with Gasteiger partial charge < -0.3 is 15.7 Å². The summed E-state index contributed by atoms with van der Waals surface area (Å²) in [5.74, 6) is 0.508. The van der Waals surface area contributed by atoms with Crippen molar-refractivity contribution in [2.75, 3.05) is 39.3 Å². The van der Waals surface area contributed by atoms with Gasteiger partial charge in [0, 0.05) is 37.3 Å². The van der Waals surface area contributed by atoms with Gasteiger partial charge >= 0.3 is 0 Å². The minimum absolute atomic E-state index is 0.148. The van der Waals surface area contributed by atoms with Crippen molar-refractivity contribution in [3.8, 4) is 0 Å². The molecule has 2 atom stereocenters. The van der Waals surface area contributed by atoms with Gasteiger partial charge in [-0.2, -0.15) is 0 Å². The highest BCUT2D eigenvalue weighted by atomic mass is 16.3. The first-order valence-electron chi connectivity index (χ1n) is 8.22. The van der Waals surface area contributed by atoms with E-state index < -0.39 is 0 Å². The van der Waals surface area contributed by atoms with Crippen LogP contribution < -0.4 is 5.73 Å². The van der Waals surface area contributed by atoms with Crippen molar-refractivity contribution >= 4 is 0 Å². The molecule has 20 heavy (non-hydrogen) atoms. The fraction of sp³-hybridized carbons (Fsp3) is 1.00. The molecule has 4 nitrogen and oxygen atoms in total. The Bertz CT molecular complexity index is 307. The molecule has 0 aromatic heterocycles. The Kier molecular flexibility index (Phi) is 5.11. The van der Waals surface area contributed by atoms with Gasteiger partial charge in [-0.15, -0.1) is 0 Å². The number of piperazine rings is 1. The SMILES string of the molecule is CC(C)(C)N1CCN(CCC2CCCC2(N)CO)CC1. The molecule has 4 heteroatoms. The summed E-state index contributed by atoms with van der Waals surface area (Å²) in [4.78, 5) is 5.14. The molecule has 0 amide bonds. The van der Waals surface area contributed by atoms with Crippen LogP contribution in [-0.2, 0) is 0 Å². The van der Waals surface area contributed by atoms with Crippen LogP contribution in [0, 0.1) is 5.92 Å². The van der Waals surface area contributed by atoms with E-state index in [1.807, 2.05) is 0 Å². The number of hydrogen-bond donors (Lipinski definition) is 2. The van der Waals surface area contributed by atoms with E-state index in [9.17, 15) is 5.11 Å². The quantitative estimate of drug-likeness (QED) is 0.816. The molecule has 0 spiro atoms. The minimum atomic E-state index is -0.298. The molecule has 0 aromatic carbocycles.